The Morgan fingerprint density at radius 3 is 2.88 bits per heavy atom. The topological polar surface area (TPSA) is 40.7 Å². The zero-order valence-corrected chi connectivity index (χ0v) is 10.8. The van der Waals surface area contributed by atoms with Gasteiger partial charge in [0.25, 0.3) is 0 Å². The third-order valence-electron chi connectivity index (χ3n) is 3.38. The molecular formula is C13H23N3. The summed E-state index contributed by atoms with van der Waals surface area (Å²) < 4.78 is 0. The van der Waals surface area contributed by atoms with Gasteiger partial charge in [-0.25, -0.2) is 0 Å². The van der Waals surface area contributed by atoms with E-state index in [1.807, 2.05) is 0 Å². The molecule has 3 heteroatoms. The second-order valence-electron chi connectivity index (χ2n) is 5.69. The number of aromatic nitrogens is 2. The van der Waals surface area contributed by atoms with Crippen molar-refractivity contribution in [1.29, 1.82) is 0 Å². The number of hydrogen-bond acceptors (Lipinski definition) is 2. The Morgan fingerprint density at radius 2 is 2.19 bits per heavy atom. The average Bonchev–Trinajstić information content (AvgIpc) is 2.58. The lowest BCUT2D eigenvalue weighted by atomic mass is 9.82. The number of aromatic amines is 1. The third-order valence-corrected chi connectivity index (χ3v) is 3.38. The molecule has 0 saturated heterocycles. The average molecular weight is 221 g/mol. The van der Waals surface area contributed by atoms with E-state index in [1.165, 1.54) is 17.7 Å². The fourth-order valence-corrected chi connectivity index (χ4v) is 2.59. The first-order valence-electron chi connectivity index (χ1n) is 6.39. The minimum atomic E-state index is 0.626. The summed E-state index contributed by atoms with van der Waals surface area (Å²) in [6.45, 7) is 10.1. The maximum absolute atomic E-state index is 4.42. The molecule has 1 aromatic heterocycles. The quantitative estimate of drug-likeness (QED) is 0.823. The van der Waals surface area contributed by atoms with Gasteiger partial charge < -0.3 is 5.32 Å². The van der Waals surface area contributed by atoms with Crippen molar-refractivity contribution in [3.63, 3.8) is 0 Å². The van der Waals surface area contributed by atoms with E-state index in [2.05, 4.69) is 43.2 Å². The maximum atomic E-state index is 4.42. The zero-order valence-electron chi connectivity index (χ0n) is 10.8. The second kappa shape index (κ2) is 4.48. The van der Waals surface area contributed by atoms with Gasteiger partial charge in [-0.2, -0.15) is 5.10 Å². The molecule has 2 rings (SSSR count). The molecule has 2 N–H and O–H groups in total. The molecule has 2 unspecified atom stereocenters. The Bertz CT molecular complexity index is 354. The summed E-state index contributed by atoms with van der Waals surface area (Å²) in [6, 6.07) is 0. The Morgan fingerprint density at radius 1 is 1.44 bits per heavy atom. The number of fused-ring (bicyclic) bond motifs is 1. The number of H-pyrrole nitrogens is 1. The van der Waals surface area contributed by atoms with Gasteiger partial charge in [0.15, 0.2) is 5.82 Å². The lowest BCUT2D eigenvalue weighted by Gasteiger charge is -2.24. The molecule has 0 amide bonds. The lowest BCUT2D eigenvalue weighted by Crippen LogP contribution is -2.16. The molecule has 90 valence electrons. The van der Waals surface area contributed by atoms with Crippen LogP contribution in [0.2, 0.25) is 0 Å². The summed E-state index contributed by atoms with van der Waals surface area (Å²) in [7, 11) is 0. The second-order valence-corrected chi connectivity index (χ2v) is 5.69. The van der Waals surface area contributed by atoms with Gasteiger partial charge in [0.2, 0.25) is 0 Å². The Balaban J connectivity index is 2.16. The van der Waals surface area contributed by atoms with Gasteiger partial charge >= 0.3 is 0 Å². The van der Waals surface area contributed by atoms with Crippen LogP contribution in [0.1, 0.15) is 51.3 Å². The van der Waals surface area contributed by atoms with Crippen molar-refractivity contribution >= 4 is 5.82 Å². The van der Waals surface area contributed by atoms with Crippen LogP contribution in [0.25, 0.3) is 0 Å². The van der Waals surface area contributed by atoms with Crippen LogP contribution in [0, 0.1) is 11.8 Å². The predicted octanol–water partition coefficient (Wildman–Crippen LogP) is 3.16. The van der Waals surface area contributed by atoms with Gasteiger partial charge in [-0.3, -0.25) is 5.10 Å². The molecule has 1 heterocycles. The number of nitrogens with one attached hydrogen (secondary N) is 2. The van der Waals surface area contributed by atoms with Crippen molar-refractivity contribution in [3.8, 4) is 0 Å². The minimum Gasteiger partial charge on any atom is -0.368 e. The summed E-state index contributed by atoms with van der Waals surface area (Å²) in [5.74, 6) is 3.15. The van der Waals surface area contributed by atoms with Crippen LogP contribution in [0.4, 0.5) is 5.82 Å². The first kappa shape index (κ1) is 11.5. The smallest absolute Gasteiger partial charge is 0.151 e. The molecule has 1 aliphatic carbocycles. The van der Waals surface area contributed by atoms with Crippen LogP contribution in [0.5, 0.6) is 0 Å². The maximum Gasteiger partial charge on any atom is 0.151 e. The Labute approximate surface area is 98.0 Å². The summed E-state index contributed by atoms with van der Waals surface area (Å²) in [4.78, 5) is 0. The number of anilines is 1. The molecule has 2 atom stereocenters. The fraction of sp³-hybridized carbons (Fsp3) is 0.769. The van der Waals surface area contributed by atoms with Crippen molar-refractivity contribution in [2.24, 2.45) is 11.8 Å². The van der Waals surface area contributed by atoms with Crippen molar-refractivity contribution in [2.45, 2.75) is 46.5 Å². The normalized spacial score (nSPS) is 24.6. The van der Waals surface area contributed by atoms with Crippen molar-refractivity contribution in [2.75, 3.05) is 11.9 Å². The monoisotopic (exact) mass is 221 g/mol. The van der Waals surface area contributed by atoms with Gasteiger partial charge in [0.05, 0.1) is 0 Å². The van der Waals surface area contributed by atoms with Gasteiger partial charge in [0, 0.05) is 17.8 Å². The van der Waals surface area contributed by atoms with E-state index in [4.69, 9.17) is 0 Å². The molecule has 1 aliphatic rings. The standard InChI is InChI=1S/C13H23N3/c1-8(2)7-14-13-11-6-9(3)5-10(4)12(11)15-16-13/h8-10H,5-7H2,1-4H3,(H2,14,15,16). The first-order valence-corrected chi connectivity index (χ1v) is 6.39. The van der Waals surface area contributed by atoms with E-state index < -0.39 is 0 Å². The summed E-state index contributed by atoms with van der Waals surface area (Å²) in [5, 5.41) is 11.1. The molecule has 16 heavy (non-hydrogen) atoms. The molecule has 0 radical (unpaired) electrons. The highest BCUT2D eigenvalue weighted by atomic mass is 15.2. The summed E-state index contributed by atoms with van der Waals surface area (Å²) >= 11 is 0. The predicted molar refractivity (Wildman–Crippen MR) is 67.8 cm³/mol. The van der Waals surface area contributed by atoms with Crippen molar-refractivity contribution in [3.05, 3.63) is 11.3 Å². The highest BCUT2D eigenvalue weighted by Gasteiger charge is 2.26. The van der Waals surface area contributed by atoms with Gasteiger partial charge in [-0.15, -0.1) is 0 Å². The van der Waals surface area contributed by atoms with Crippen LogP contribution in [0.3, 0.4) is 0 Å². The first-order chi connectivity index (χ1) is 7.58. The molecule has 0 saturated carbocycles. The highest BCUT2D eigenvalue weighted by molar-refractivity contribution is 5.48. The van der Waals surface area contributed by atoms with E-state index in [-0.39, 0.29) is 0 Å². The van der Waals surface area contributed by atoms with Crippen molar-refractivity contribution < 1.29 is 0 Å². The molecule has 0 spiro atoms. The van der Waals surface area contributed by atoms with E-state index in [9.17, 15) is 0 Å². The summed E-state index contributed by atoms with van der Waals surface area (Å²) in [6.07, 6.45) is 2.44. The highest BCUT2D eigenvalue weighted by Crippen LogP contribution is 2.36. The van der Waals surface area contributed by atoms with Gasteiger partial charge in [0.1, 0.15) is 0 Å². The van der Waals surface area contributed by atoms with E-state index in [1.54, 1.807) is 0 Å². The van der Waals surface area contributed by atoms with Crippen LogP contribution in [-0.4, -0.2) is 16.7 Å². The zero-order chi connectivity index (χ0) is 11.7. The summed E-state index contributed by atoms with van der Waals surface area (Å²) in [5.41, 5.74) is 2.77. The van der Waals surface area contributed by atoms with Crippen molar-refractivity contribution in [1.82, 2.24) is 10.2 Å². The minimum absolute atomic E-state index is 0.626. The molecule has 0 aromatic carbocycles. The van der Waals surface area contributed by atoms with Crippen LogP contribution >= 0.6 is 0 Å². The molecule has 1 aromatic rings. The third kappa shape index (κ3) is 2.23. The fourth-order valence-electron chi connectivity index (χ4n) is 2.59. The largest absolute Gasteiger partial charge is 0.368 e. The van der Waals surface area contributed by atoms with Crippen LogP contribution in [-0.2, 0) is 6.42 Å². The molecule has 0 bridgehead atoms. The Hall–Kier alpha value is -0.990. The van der Waals surface area contributed by atoms with Crippen LogP contribution in [0.15, 0.2) is 0 Å². The van der Waals surface area contributed by atoms with Crippen LogP contribution < -0.4 is 5.32 Å². The van der Waals surface area contributed by atoms with E-state index in [0.717, 1.165) is 24.7 Å². The van der Waals surface area contributed by atoms with Gasteiger partial charge in [-0.05, 0) is 30.6 Å². The molecule has 0 fully saturated rings. The van der Waals surface area contributed by atoms with E-state index >= 15 is 0 Å². The SMILES string of the molecule is CC(C)CNc1n[nH]c2c1CC(C)CC2C. The molecule has 0 aliphatic heterocycles. The molecule has 3 nitrogen and oxygen atoms in total. The van der Waals surface area contributed by atoms with Gasteiger partial charge in [-0.1, -0.05) is 27.7 Å². The molecular weight excluding hydrogens is 198 g/mol. The number of hydrogen-bond donors (Lipinski definition) is 2. The lowest BCUT2D eigenvalue weighted by molar-refractivity contribution is 0.445. The number of rotatable bonds is 3. The number of nitrogens with zero attached hydrogens (tertiary/aromatic N) is 1. The van der Waals surface area contributed by atoms with E-state index in [0.29, 0.717) is 11.8 Å². The Kier molecular flexibility index (Phi) is 3.22.